The summed E-state index contributed by atoms with van der Waals surface area (Å²) < 4.78 is 26.0. The van der Waals surface area contributed by atoms with Crippen molar-refractivity contribution in [1.82, 2.24) is 10.4 Å². The normalized spacial score (nSPS) is 11.0. The summed E-state index contributed by atoms with van der Waals surface area (Å²) in [4.78, 5) is 26.5. The second kappa shape index (κ2) is 7.27. The van der Waals surface area contributed by atoms with Gasteiger partial charge in [0.2, 0.25) is 0 Å². The first-order valence-electron chi connectivity index (χ1n) is 6.61. The molecule has 0 atom stereocenters. The Balaban J connectivity index is 2.10. The number of carboxylic acids is 1. The van der Waals surface area contributed by atoms with Gasteiger partial charge < -0.3 is 15.2 Å². The maximum absolute atomic E-state index is 13.0. The van der Waals surface area contributed by atoms with Crippen molar-refractivity contribution >= 4 is 23.4 Å². The Morgan fingerprint density at radius 3 is 2.50 bits per heavy atom. The molecule has 9 heteroatoms. The van der Waals surface area contributed by atoms with E-state index in [1.807, 2.05) is 0 Å². The number of benzene rings is 1. The third-order valence-corrected chi connectivity index (χ3v) is 2.82. The van der Waals surface area contributed by atoms with Gasteiger partial charge in [-0.25, -0.2) is 19.0 Å². The van der Waals surface area contributed by atoms with Gasteiger partial charge in [0.25, 0.3) is 0 Å². The van der Waals surface area contributed by atoms with E-state index in [-0.39, 0.29) is 22.7 Å². The highest BCUT2D eigenvalue weighted by molar-refractivity contribution is 6.05. The molecule has 0 saturated heterocycles. The van der Waals surface area contributed by atoms with E-state index in [4.69, 9.17) is 0 Å². The monoisotopic (exact) mass is 333 g/mol. The minimum absolute atomic E-state index is 0.0228. The van der Waals surface area contributed by atoms with E-state index >= 15 is 0 Å². The Labute approximate surface area is 135 Å². The molecule has 0 saturated carbocycles. The van der Waals surface area contributed by atoms with Crippen LogP contribution in [0.4, 0.5) is 19.3 Å². The summed E-state index contributed by atoms with van der Waals surface area (Å²) in [7, 11) is 0. The van der Waals surface area contributed by atoms with Gasteiger partial charge in [-0.1, -0.05) is 0 Å². The number of urea groups is 1. The first kappa shape index (κ1) is 17.0. The SMILES string of the molecule is CC(=NNC(=O)Nc1cc(F)cc(F)c1)c1ncccc1C(=O)[O-]. The molecule has 0 unspecified atom stereocenters. The van der Waals surface area contributed by atoms with Crippen molar-refractivity contribution in [1.29, 1.82) is 0 Å². The van der Waals surface area contributed by atoms with Crippen LogP contribution in [0.5, 0.6) is 0 Å². The second-order valence-electron chi connectivity index (χ2n) is 4.61. The summed E-state index contributed by atoms with van der Waals surface area (Å²) >= 11 is 0. The van der Waals surface area contributed by atoms with Crippen LogP contribution < -0.4 is 15.8 Å². The summed E-state index contributed by atoms with van der Waals surface area (Å²) in [6.07, 6.45) is 1.36. The lowest BCUT2D eigenvalue weighted by Gasteiger charge is -2.09. The number of halogens is 2. The molecule has 0 aliphatic carbocycles. The molecular weight excluding hydrogens is 322 g/mol. The van der Waals surface area contributed by atoms with Gasteiger partial charge in [-0.15, -0.1) is 0 Å². The number of anilines is 1. The molecule has 0 bridgehead atoms. The summed E-state index contributed by atoms with van der Waals surface area (Å²) in [6.45, 7) is 1.43. The van der Waals surface area contributed by atoms with Gasteiger partial charge in [0.15, 0.2) is 0 Å². The lowest BCUT2D eigenvalue weighted by molar-refractivity contribution is -0.255. The number of carbonyl (C=O) groups excluding carboxylic acids is 2. The summed E-state index contributed by atoms with van der Waals surface area (Å²) in [5, 5.41) is 16.9. The van der Waals surface area contributed by atoms with Crippen molar-refractivity contribution in [3.8, 4) is 0 Å². The van der Waals surface area contributed by atoms with Crippen molar-refractivity contribution in [2.24, 2.45) is 5.10 Å². The number of carbonyl (C=O) groups is 2. The number of aromatic nitrogens is 1. The molecule has 1 heterocycles. The lowest BCUT2D eigenvalue weighted by Crippen LogP contribution is -2.28. The number of hydrogen-bond acceptors (Lipinski definition) is 5. The van der Waals surface area contributed by atoms with Gasteiger partial charge in [-0.3, -0.25) is 4.98 Å². The van der Waals surface area contributed by atoms with Gasteiger partial charge in [-0.05, 0) is 31.2 Å². The highest BCUT2D eigenvalue weighted by Crippen LogP contribution is 2.12. The van der Waals surface area contributed by atoms with Crippen LogP contribution in [0.2, 0.25) is 0 Å². The maximum atomic E-state index is 13.0. The molecular formula is C15H11F2N4O3-. The van der Waals surface area contributed by atoms with Crippen LogP contribution in [-0.2, 0) is 0 Å². The van der Waals surface area contributed by atoms with Crippen LogP contribution in [0.25, 0.3) is 0 Å². The average molecular weight is 333 g/mol. The zero-order valence-electron chi connectivity index (χ0n) is 12.3. The third-order valence-electron chi connectivity index (χ3n) is 2.82. The number of aromatic carboxylic acids is 1. The minimum atomic E-state index is -1.44. The molecule has 0 aliphatic rings. The average Bonchev–Trinajstić information content (AvgIpc) is 2.51. The van der Waals surface area contributed by atoms with E-state index in [2.05, 4.69) is 20.8 Å². The molecule has 1 aromatic heterocycles. The smallest absolute Gasteiger partial charge is 0.339 e. The zero-order valence-corrected chi connectivity index (χ0v) is 12.3. The molecule has 24 heavy (non-hydrogen) atoms. The highest BCUT2D eigenvalue weighted by atomic mass is 19.1. The Morgan fingerprint density at radius 2 is 1.88 bits per heavy atom. The molecule has 2 amide bonds. The van der Waals surface area contributed by atoms with Crippen molar-refractivity contribution in [2.45, 2.75) is 6.92 Å². The van der Waals surface area contributed by atoms with E-state index in [1.165, 1.54) is 25.3 Å². The minimum Gasteiger partial charge on any atom is -0.545 e. The Kier molecular flexibility index (Phi) is 5.15. The fourth-order valence-corrected chi connectivity index (χ4v) is 1.83. The Hall–Kier alpha value is -3.36. The molecule has 0 aliphatic heterocycles. The Morgan fingerprint density at radius 1 is 1.21 bits per heavy atom. The maximum Gasteiger partial charge on any atom is 0.339 e. The van der Waals surface area contributed by atoms with Crippen molar-refractivity contribution in [3.05, 3.63) is 59.4 Å². The second-order valence-corrected chi connectivity index (χ2v) is 4.61. The third kappa shape index (κ3) is 4.32. The number of pyridine rings is 1. The molecule has 0 fully saturated rings. The van der Waals surface area contributed by atoms with E-state index in [0.29, 0.717) is 6.07 Å². The van der Waals surface area contributed by atoms with Gasteiger partial charge in [0.1, 0.15) is 11.6 Å². The Bertz CT molecular complexity index is 804. The topological polar surface area (TPSA) is 107 Å². The largest absolute Gasteiger partial charge is 0.545 e. The van der Waals surface area contributed by atoms with E-state index in [0.717, 1.165) is 12.1 Å². The van der Waals surface area contributed by atoms with Crippen LogP contribution in [0.3, 0.4) is 0 Å². The highest BCUT2D eigenvalue weighted by Gasteiger charge is 2.09. The number of rotatable bonds is 4. The lowest BCUT2D eigenvalue weighted by atomic mass is 10.1. The number of nitrogens with zero attached hydrogens (tertiary/aromatic N) is 2. The predicted molar refractivity (Wildman–Crippen MR) is 79.3 cm³/mol. The molecule has 0 radical (unpaired) electrons. The van der Waals surface area contributed by atoms with E-state index < -0.39 is 23.6 Å². The van der Waals surface area contributed by atoms with Crippen LogP contribution in [0, 0.1) is 11.6 Å². The van der Waals surface area contributed by atoms with E-state index in [9.17, 15) is 23.5 Å². The molecule has 2 N–H and O–H groups in total. The number of amides is 2. The molecule has 7 nitrogen and oxygen atoms in total. The van der Waals surface area contributed by atoms with Crippen molar-refractivity contribution < 1.29 is 23.5 Å². The summed E-state index contributed by atoms with van der Waals surface area (Å²) in [5.74, 6) is -3.14. The fourth-order valence-electron chi connectivity index (χ4n) is 1.83. The first-order valence-corrected chi connectivity index (χ1v) is 6.61. The number of hydrogen-bond donors (Lipinski definition) is 2. The van der Waals surface area contributed by atoms with E-state index in [1.54, 1.807) is 0 Å². The quantitative estimate of drug-likeness (QED) is 0.649. The molecule has 124 valence electrons. The van der Waals surface area contributed by atoms with Crippen LogP contribution >= 0.6 is 0 Å². The first-order chi connectivity index (χ1) is 11.4. The molecule has 1 aromatic carbocycles. The van der Waals surface area contributed by atoms with Gasteiger partial charge in [0, 0.05) is 23.5 Å². The molecule has 2 aromatic rings. The zero-order chi connectivity index (χ0) is 17.7. The molecule has 0 spiro atoms. The van der Waals surface area contributed by atoms with Crippen molar-refractivity contribution in [2.75, 3.05) is 5.32 Å². The fraction of sp³-hybridized carbons (Fsp3) is 0.0667. The summed E-state index contributed by atoms with van der Waals surface area (Å²) in [5.41, 5.74) is 1.91. The predicted octanol–water partition coefficient (Wildman–Crippen LogP) is 1.27. The van der Waals surface area contributed by atoms with Gasteiger partial charge in [0.05, 0.1) is 17.4 Å². The number of carboxylic acid groups (broad SMARTS) is 1. The number of hydrazone groups is 1. The van der Waals surface area contributed by atoms with Crippen LogP contribution in [0.1, 0.15) is 23.0 Å². The number of nitrogens with one attached hydrogen (secondary N) is 2. The standard InChI is InChI=1S/C15H12F2N4O3/c1-8(13-12(14(22)23)3-2-4-18-13)20-21-15(24)19-11-6-9(16)5-10(17)7-11/h2-7H,1H3,(H,22,23)(H2,19,21,24)/p-1. The van der Waals surface area contributed by atoms with Crippen LogP contribution in [0.15, 0.2) is 41.6 Å². The molecule has 2 rings (SSSR count). The van der Waals surface area contributed by atoms with Crippen molar-refractivity contribution in [3.63, 3.8) is 0 Å². The van der Waals surface area contributed by atoms with Gasteiger partial charge in [-0.2, -0.15) is 5.10 Å². The van der Waals surface area contributed by atoms with Crippen LogP contribution in [-0.4, -0.2) is 22.7 Å². The summed E-state index contributed by atoms with van der Waals surface area (Å²) in [6, 6.07) is 4.34. The van der Waals surface area contributed by atoms with Gasteiger partial charge >= 0.3 is 6.03 Å².